The minimum atomic E-state index is -0.566. The maximum Gasteiger partial charge on any atom is 0.293 e. The molecule has 1 aliphatic carbocycles. The lowest BCUT2D eigenvalue weighted by Crippen LogP contribution is -2.55. The maximum atomic E-state index is 12.3. The molecule has 1 aliphatic rings. The van der Waals surface area contributed by atoms with Crippen LogP contribution in [-0.2, 0) is 11.3 Å². The second-order valence-electron chi connectivity index (χ2n) is 6.28. The molecular formula is C16H19N5O5. The van der Waals surface area contributed by atoms with Gasteiger partial charge in [-0.05, 0) is 25.8 Å². The Bertz CT molecular complexity index is 937. The van der Waals surface area contributed by atoms with Crippen molar-refractivity contribution in [3.05, 3.63) is 50.4 Å². The molecule has 0 aliphatic heterocycles. The third kappa shape index (κ3) is 3.44. The fourth-order valence-electron chi connectivity index (χ4n) is 2.88. The number of nitrogens with one attached hydrogen (secondary N) is 2. The zero-order valence-corrected chi connectivity index (χ0v) is 14.4. The van der Waals surface area contributed by atoms with Gasteiger partial charge < -0.3 is 14.7 Å². The van der Waals surface area contributed by atoms with Gasteiger partial charge in [-0.1, -0.05) is 0 Å². The topological polar surface area (TPSA) is 130 Å². The Hall–Kier alpha value is -3.17. The second kappa shape index (κ2) is 6.98. The molecular weight excluding hydrogens is 342 g/mol. The molecule has 0 bridgehead atoms. The Morgan fingerprint density at radius 1 is 1.42 bits per heavy atom. The fraction of sp³-hybridized carbons (Fsp3) is 0.438. The van der Waals surface area contributed by atoms with Crippen molar-refractivity contribution in [3.8, 4) is 0 Å². The minimum Gasteiger partial charge on any atom is -0.383 e. The number of likely N-dealkylation sites (N-methyl/N-ethyl adjacent to an activating group) is 1. The summed E-state index contributed by atoms with van der Waals surface area (Å²) in [6.07, 6.45) is 2.59. The normalized spacial score (nSPS) is 18.8. The van der Waals surface area contributed by atoms with E-state index in [2.05, 4.69) is 15.6 Å². The lowest BCUT2D eigenvalue weighted by atomic mass is 9.85. The van der Waals surface area contributed by atoms with E-state index in [1.807, 2.05) is 0 Å². The highest BCUT2D eigenvalue weighted by atomic mass is 16.5. The van der Waals surface area contributed by atoms with Gasteiger partial charge in [-0.2, -0.15) is 10.3 Å². The molecule has 0 aromatic carbocycles. The molecule has 2 aromatic rings. The van der Waals surface area contributed by atoms with E-state index in [4.69, 9.17) is 4.52 Å². The molecule has 1 saturated carbocycles. The Balaban J connectivity index is 1.52. The highest BCUT2D eigenvalue weighted by Gasteiger charge is 2.36. The van der Waals surface area contributed by atoms with Gasteiger partial charge in [0.05, 0.1) is 0 Å². The summed E-state index contributed by atoms with van der Waals surface area (Å²) in [4.78, 5) is 49.1. The minimum absolute atomic E-state index is 0.0348. The van der Waals surface area contributed by atoms with Crippen molar-refractivity contribution in [2.75, 3.05) is 7.05 Å². The van der Waals surface area contributed by atoms with Crippen molar-refractivity contribution in [3.63, 3.8) is 0 Å². The van der Waals surface area contributed by atoms with Crippen LogP contribution in [0.3, 0.4) is 0 Å². The van der Waals surface area contributed by atoms with E-state index in [9.17, 15) is 19.2 Å². The largest absolute Gasteiger partial charge is 0.383 e. The molecule has 0 saturated heterocycles. The van der Waals surface area contributed by atoms with Crippen LogP contribution in [0.2, 0.25) is 0 Å². The van der Waals surface area contributed by atoms with Gasteiger partial charge in [-0.15, -0.1) is 0 Å². The molecule has 0 unspecified atom stereocenters. The number of amides is 2. The van der Waals surface area contributed by atoms with Gasteiger partial charge in [0.1, 0.15) is 17.9 Å². The number of hydrogen-bond donors (Lipinski definition) is 2. The third-order valence-electron chi connectivity index (χ3n) is 4.56. The summed E-state index contributed by atoms with van der Waals surface area (Å²) >= 11 is 0. The van der Waals surface area contributed by atoms with Crippen molar-refractivity contribution in [2.24, 2.45) is 0 Å². The summed E-state index contributed by atoms with van der Waals surface area (Å²) in [5.41, 5.74) is -0.940. The Kier molecular flexibility index (Phi) is 4.74. The van der Waals surface area contributed by atoms with Crippen molar-refractivity contribution >= 4 is 11.8 Å². The van der Waals surface area contributed by atoms with Crippen molar-refractivity contribution in [1.82, 2.24) is 25.2 Å². The average molecular weight is 361 g/mol. The van der Waals surface area contributed by atoms with Gasteiger partial charge in [0.25, 0.3) is 17.0 Å². The van der Waals surface area contributed by atoms with Crippen LogP contribution in [0.5, 0.6) is 0 Å². The summed E-state index contributed by atoms with van der Waals surface area (Å²) in [5, 5.41) is 8.74. The molecule has 10 heteroatoms. The number of aromatic amines is 1. The first-order chi connectivity index (χ1) is 12.4. The average Bonchev–Trinajstić information content (AvgIpc) is 2.90. The summed E-state index contributed by atoms with van der Waals surface area (Å²) in [6, 6.07) is 2.68. The molecule has 0 spiro atoms. The summed E-state index contributed by atoms with van der Waals surface area (Å²) in [5.74, 6) is -0.492. The Morgan fingerprint density at radius 2 is 2.15 bits per heavy atom. The zero-order valence-electron chi connectivity index (χ0n) is 14.4. The molecule has 2 heterocycles. The highest BCUT2D eigenvalue weighted by molar-refractivity contribution is 5.94. The standard InChI is InChI=1S/C16H19N5O5/c1-9-14(16(25)19-26-9)15(24)18-10-6-11(7-10)20(2)13(23)8-21-12(22)4-3-5-17-21/h3-5,10-11H,6-8H2,1-2H3,(H,18,24)(H,19,25). The lowest BCUT2D eigenvalue weighted by Gasteiger charge is -2.41. The first kappa shape index (κ1) is 17.6. The number of carbonyl (C=O) groups excluding carboxylic acids is 2. The van der Waals surface area contributed by atoms with Crippen molar-refractivity contribution in [2.45, 2.75) is 38.4 Å². The van der Waals surface area contributed by atoms with Crippen LogP contribution < -0.4 is 16.4 Å². The third-order valence-corrected chi connectivity index (χ3v) is 4.56. The van der Waals surface area contributed by atoms with Crippen LogP contribution in [-0.4, -0.2) is 50.8 Å². The van der Waals surface area contributed by atoms with Gasteiger partial charge in [0, 0.05) is 31.4 Å². The van der Waals surface area contributed by atoms with E-state index >= 15 is 0 Å². The fourth-order valence-corrected chi connectivity index (χ4v) is 2.88. The van der Waals surface area contributed by atoms with Gasteiger partial charge in [0.2, 0.25) is 5.91 Å². The van der Waals surface area contributed by atoms with E-state index in [-0.39, 0.29) is 41.4 Å². The van der Waals surface area contributed by atoms with E-state index in [0.29, 0.717) is 12.8 Å². The van der Waals surface area contributed by atoms with Crippen LogP contribution >= 0.6 is 0 Å². The molecule has 0 radical (unpaired) electrons. The second-order valence-corrected chi connectivity index (χ2v) is 6.28. The van der Waals surface area contributed by atoms with E-state index in [1.165, 1.54) is 25.3 Å². The lowest BCUT2D eigenvalue weighted by molar-refractivity contribution is -0.134. The van der Waals surface area contributed by atoms with E-state index in [0.717, 1.165) is 4.68 Å². The molecule has 2 amide bonds. The van der Waals surface area contributed by atoms with Gasteiger partial charge in [-0.25, -0.2) is 4.68 Å². The molecule has 138 valence electrons. The molecule has 10 nitrogen and oxygen atoms in total. The summed E-state index contributed by atoms with van der Waals surface area (Å²) in [7, 11) is 1.66. The number of nitrogens with zero attached hydrogens (tertiary/aromatic N) is 3. The number of aromatic nitrogens is 3. The van der Waals surface area contributed by atoms with Crippen molar-refractivity contribution < 1.29 is 14.1 Å². The van der Waals surface area contributed by atoms with Crippen LogP contribution in [0.1, 0.15) is 29.0 Å². The molecule has 3 rings (SSSR count). The Morgan fingerprint density at radius 3 is 2.77 bits per heavy atom. The molecule has 0 atom stereocenters. The van der Waals surface area contributed by atoms with Crippen LogP contribution in [0.15, 0.2) is 32.4 Å². The number of carbonyl (C=O) groups is 2. The first-order valence-corrected chi connectivity index (χ1v) is 8.13. The molecule has 2 N–H and O–H groups in total. The predicted octanol–water partition coefficient (Wildman–Crippen LogP) is -0.748. The van der Waals surface area contributed by atoms with Crippen LogP contribution in [0, 0.1) is 6.92 Å². The summed E-state index contributed by atoms with van der Waals surface area (Å²) in [6.45, 7) is 1.40. The molecule has 26 heavy (non-hydrogen) atoms. The summed E-state index contributed by atoms with van der Waals surface area (Å²) < 4.78 is 5.92. The van der Waals surface area contributed by atoms with Gasteiger partial charge in [-0.3, -0.25) is 19.2 Å². The number of H-pyrrole nitrogens is 1. The molecule has 1 fully saturated rings. The first-order valence-electron chi connectivity index (χ1n) is 8.13. The monoisotopic (exact) mass is 361 g/mol. The number of aryl methyl sites for hydroxylation is 1. The quantitative estimate of drug-likeness (QED) is 0.721. The zero-order chi connectivity index (χ0) is 18.8. The Labute approximate surface area is 147 Å². The number of rotatable bonds is 5. The maximum absolute atomic E-state index is 12.3. The van der Waals surface area contributed by atoms with E-state index in [1.54, 1.807) is 11.9 Å². The van der Waals surface area contributed by atoms with Gasteiger partial charge >= 0.3 is 0 Å². The molecule has 2 aromatic heterocycles. The predicted molar refractivity (Wildman–Crippen MR) is 89.6 cm³/mol. The van der Waals surface area contributed by atoms with Crippen molar-refractivity contribution in [1.29, 1.82) is 0 Å². The van der Waals surface area contributed by atoms with Crippen LogP contribution in [0.25, 0.3) is 0 Å². The van der Waals surface area contributed by atoms with E-state index < -0.39 is 11.5 Å². The number of hydrogen-bond acceptors (Lipinski definition) is 6. The SMILES string of the molecule is Cc1o[nH]c(=O)c1C(=O)NC1CC(N(C)C(=O)Cn2ncccc2=O)C1. The highest BCUT2D eigenvalue weighted by Crippen LogP contribution is 2.25. The van der Waals surface area contributed by atoms with Crippen LogP contribution in [0.4, 0.5) is 0 Å². The van der Waals surface area contributed by atoms with Gasteiger partial charge in [0.15, 0.2) is 0 Å². The smallest absolute Gasteiger partial charge is 0.293 e.